The Balaban J connectivity index is 0.00000576. The lowest BCUT2D eigenvalue weighted by Gasteiger charge is -2.20. The summed E-state index contributed by atoms with van der Waals surface area (Å²) in [6.07, 6.45) is 1.98. The second-order valence-corrected chi connectivity index (χ2v) is 6.84. The van der Waals surface area contributed by atoms with E-state index in [1.54, 1.807) is 0 Å². The Morgan fingerprint density at radius 3 is 2.16 bits per heavy atom. The number of nitrogens with one attached hydrogen (secondary N) is 3. The zero-order valence-corrected chi connectivity index (χ0v) is 18.4. The number of aryl methyl sites for hydroxylation is 1. The molecule has 0 spiro atoms. The molecule has 3 N–H and O–H groups in total. The van der Waals surface area contributed by atoms with Crippen molar-refractivity contribution in [3.63, 3.8) is 0 Å². The number of nitrogens with zero attached hydrogens (tertiary/aromatic N) is 1. The summed E-state index contributed by atoms with van der Waals surface area (Å²) in [6.45, 7) is 11.7. The fraction of sp³-hybridized carbons (Fsp3) is 0.579. The van der Waals surface area contributed by atoms with Gasteiger partial charge in [-0.2, -0.15) is 0 Å². The van der Waals surface area contributed by atoms with Gasteiger partial charge in [0.05, 0.1) is 0 Å². The first-order valence-corrected chi connectivity index (χ1v) is 8.75. The lowest BCUT2D eigenvalue weighted by Crippen LogP contribution is -2.43. The van der Waals surface area contributed by atoms with E-state index >= 15 is 0 Å². The van der Waals surface area contributed by atoms with Gasteiger partial charge in [-0.25, -0.2) is 4.99 Å². The van der Waals surface area contributed by atoms with Crippen molar-refractivity contribution < 1.29 is 4.79 Å². The van der Waals surface area contributed by atoms with Crippen molar-refractivity contribution in [2.45, 2.75) is 53.0 Å². The molecule has 0 aliphatic rings. The summed E-state index contributed by atoms with van der Waals surface area (Å²) in [5.74, 6) is 0.599. The fourth-order valence-corrected chi connectivity index (χ4v) is 2.22. The number of hydrogen-bond acceptors (Lipinski definition) is 2. The third-order valence-electron chi connectivity index (χ3n) is 3.38. The quantitative estimate of drug-likeness (QED) is 0.333. The lowest BCUT2D eigenvalue weighted by atomic mass is 10.1. The van der Waals surface area contributed by atoms with Gasteiger partial charge >= 0.3 is 0 Å². The molecule has 25 heavy (non-hydrogen) atoms. The van der Waals surface area contributed by atoms with Crippen molar-refractivity contribution in [2.24, 2.45) is 4.99 Å². The Hall–Kier alpha value is -1.31. The third-order valence-corrected chi connectivity index (χ3v) is 3.38. The first kappa shape index (κ1) is 23.7. The number of rotatable bonds is 7. The van der Waals surface area contributed by atoms with Gasteiger partial charge in [0.15, 0.2) is 5.96 Å². The predicted molar refractivity (Wildman–Crippen MR) is 117 cm³/mol. The summed E-state index contributed by atoms with van der Waals surface area (Å²) in [7, 11) is 0. The topological polar surface area (TPSA) is 65.5 Å². The number of guanidine groups is 1. The van der Waals surface area contributed by atoms with Crippen LogP contribution in [-0.4, -0.2) is 37.0 Å². The maximum atomic E-state index is 11.8. The first-order chi connectivity index (χ1) is 11.3. The standard InChI is InChI=1S/C19H32N4O.HI/c1-6-15-8-10-16(11-9-15)12-13-21-18(20-7-2)22-14-17(24)23-19(3,4)5;/h8-11H,6-7,12-14H2,1-5H3,(H,23,24)(H2,20,21,22);1H. The fourth-order valence-electron chi connectivity index (χ4n) is 2.22. The number of carbonyl (C=O) groups is 1. The van der Waals surface area contributed by atoms with Crippen molar-refractivity contribution >= 4 is 35.8 Å². The van der Waals surface area contributed by atoms with E-state index in [0.29, 0.717) is 5.96 Å². The summed E-state index contributed by atoms with van der Waals surface area (Å²) in [5.41, 5.74) is 2.41. The molecule has 1 amide bonds. The first-order valence-electron chi connectivity index (χ1n) is 8.75. The molecule has 0 saturated heterocycles. The monoisotopic (exact) mass is 460 g/mol. The average molecular weight is 460 g/mol. The summed E-state index contributed by atoms with van der Waals surface area (Å²) in [6, 6.07) is 8.68. The maximum Gasteiger partial charge on any atom is 0.242 e. The van der Waals surface area contributed by atoms with Crippen molar-refractivity contribution in [3.8, 4) is 0 Å². The van der Waals surface area contributed by atoms with Crippen LogP contribution in [0.4, 0.5) is 0 Å². The minimum Gasteiger partial charge on any atom is -0.357 e. The van der Waals surface area contributed by atoms with Crippen LogP contribution in [-0.2, 0) is 17.6 Å². The Bertz CT molecular complexity index is 535. The zero-order chi connectivity index (χ0) is 18.0. The molecule has 142 valence electrons. The molecule has 0 radical (unpaired) electrons. The molecule has 0 unspecified atom stereocenters. The molecule has 1 rings (SSSR count). The average Bonchev–Trinajstić information content (AvgIpc) is 2.51. The van der Waals surface area contributed by atoms with Crippen molar-refractivity contribution in [1.82, 2.24) is 16.0 Å². The number of benzene rings is 1. The molecule has 0 aliphatic heterocycles. The molecular weight excluding hydrogens is 427 g/mol. The molecule has 0 fully saturated rings. The van der Waals surface area contributed by atoms with Crippen LogP contribution < -0.4 is 16.0 Å². The molecular formula is C19H33IN4O. The van der Waals surface area contributed by atoms with Crippen LogP contribution in [0.15, 0.2) is 29.3 Å². The van der Waals surface area contributed by atoms with E-state index in [2.05, 4.69) is 52.1 Å². The van der Waals surface area contributed by atoms with Gasteiger partial charge in [-0.15, -0.1) is 24.0 Å². The molecule has 5 nitrogen and oxygen atoms in total. The van der Waals surface area contributed by atoms with Crippen LogP contribution in [0.25, 0.3) is 0 Å². The van der Waals surface area contributed by atoms with E-state index in [4.69, 9.17) is 0 Å². The summed E-state index contributed by atoms with van der Waals surface area (Å²) < 4.78 is 0. The van der Waals surface area contributed by atoms with E-state index < -0.39 is 0 Å². The molecule has 0 bridgehead atoms. The zero-order valence-electron chi connectivity index (χ0n) is 16.1. The number of carbonyl (C=O) groups excluding carboxylic acids is 1. The second-order valence-electron chi connectivity index (χ2n) is 6.84. The van der Waals surface area contributed by atoms with Gasteiger partial charge in [0, 0.05) is 18.6 Å². The SMILES string of the molecule is CCNC(=NCC(=O)NC(C)(C)C)NCCc1ccc(CC)cc1.I. The number of halogens is 1. The third kappa shape index (κ3) is 11.0. The normalized spacial score (nSPS) is 11.5. The minimum absolute atomic E-state index is 0. The van der Waals surface area contributed by atoms with Gasteiger partial charge in [0.1, 0.15) is 6.54 Å². The van der Waals surface area contributed by atoms with Crippen LogP contribution in [0.5, 0.6) is 0 Å². The van der Waals surface area contributed by atoms with E-state index in [-0.39, 0.29) is 42.0 Å². The molecule has 0 aliphatic carbocycles. The van der Waals surface area contributed by atoms with Gasteiger partial charge < -0.3 is 16.0 Å². The van der Waals surface area contributed by atoms with Gasteiger partial charge in [-0.3, -0.25) is 4.79 Å². The van der Waals surface area contributed by atoms with Gasteiger partial charge in [-0.1, -0.05) is 31.2 Å². The lowest BCUT2D eigenvalue weighted by molar-refractivity contribution is -0.121. The van der Waals surface area contributed by atoms with E-state index in [9.17, 15) is 4.79 Å². The molecule has 1 aromatic rings. The second kappa shape index (κ2) is 12.1. The predicted octanol–water partition coefficient (Wildman–Crippen LogP) is 2.88. The Morgan fingerprint density at radius 2 is 1.64 bits per heavy atom. The van der Waals surface area contributed by atoms with Crippen LogP contribution in [0, 0.1) is 0 Å². The Kier molecular flexibility index (Phi) is 11.5. The van der Waals surface area contributed by atoms with E-state index in [1.807, 2.05) is 27.7 Å². The Morgan fingerprint density at radius 1 is 1.04 bits per heavy atom. The molecule has 1 aromatic carbocycles. The van der Waals surface area contributed by atoms with Gasteiger partial charge in [0.2, 0.25) is 5.91 Å². The number of hydrogen-bond donors (Lipinski definition) is 3. The molecule has 0 heterocycles. The highest BCUT2D eigenvalue weighted by molar-refractivity contribution is 14.0. The van der Waals surface area contributed by atoms with Crippen molar-refractivity contribution in [3.05, 3.63) is 35.4 Å². The minimum atomic E-state index is -0.233. The van der Waals surface area contributed by atoms with Crippen LogP contribution in [0.1, 0.15) is 45.7 Å². The van der Waals surface area contributed by atoms with Crippen LogP contribution >= 0.6 is 24.0 Å². The molecule has 0 saturated carbocycles. The Labute approximate surface area is 169 Å². The smallest absolute Gasteiger partial charge is 0.242 e. The van der Waals surface area contributed by atoms with Crippen molar-refractivity contribution in [2.75, 3.05) is 19.6 Å². The van der Waals surface area contributed by atoms with Crippen molar-refractivity contribution in [1.29, 1.82) is 0 Å². The highest BCUT2D eigenvalue weighted by atomic mass is 127. The van der Waals surface area contributed by atoms with Crippen LogP contribution in [0.2, 0.25) is 0 Å². The highest BCUT2D eigenvalue weighted by Gasteiger charge is 2.13. The van der Waals surface area contributed by atoms with Crippen LogP contribution in [0.3, 0.4) is 0 Å². The highest BCUT2D eigenvalue weighted by Crippen LogP contribution is 2.05. The summed E-state index contributed by atoms with van der Waals surface area (Å²) >= 11 is 0. The maximum absolute atomic E-state index is 11.8. The summed E-state index contributed by atoms with van der Waals surface area (Å²) in [4.78, 5) is 16.2. The molecule has 6 heteroatoms. The number of aliphatic imine (C=N–C) groups is 1. The number of amides is 1. The van der Waals surface area contributed by atoms with Gasteiger partial charge in [0.25, 0.3) is 0 Å². The largest absolute Gasteiger partial charge is 0.357 e. The van der Waals surface area contributed by atoms with E-state index in [1.165, 1.54) is 11.1 Å². The summed E-state index contributed by atoms with van der Waals surface area (Å²) in [5, 5.41) is 9.35. The van der Waals surface area contributed by atoms with E-state index in [0.717, 1.165) is 25.9 Å². The molecule has 0 aromatic heterocycles. The molecule has 0 atom stereocenters. The van der Waals surface area contributed by atoms with Gasteiger partial charge in [-0.05, 0) is 51.7 Å².